The Balaban J connectivity index is 2.09. The van der Waals surface area contributed by atoms with E-state index in [0.29, 0.717) is 0 Å². The third-order valence-corrected chi connectivity index (χ3v) is 1.74. The Morgan fingerprint density at radius 1 is 1.15 bits per heavy atom. The molecule has 15 heteroatoms. The molecule has 0 amide bonds. The fraction of sp³-hybridized carbons (Fsp3) is 0. The van der Waals surface area contributed by atoms with Gasteiger partial charge in [-0.25, -0.2) is 0 Å². The van der Waals surface area contributed by atoms with Crippen molar-refractivity contribution in [3.63, 3.8) is 0 Å². The smallest absolute Gasteiger partial charge is 0.390 e. The Morgan fingerprint density at radius 3 is 2.30 bits per heavy atom. The quantitative estimate of drug-likeness (QED) is 0.227. The van der Waals surface area contributed by atoms with E-state index in [1.165, 1.54) is 0 Å². The summed E-state index contributed by atoms with van der Waals surface area (Å²) < 4.78 is 0. The van der Waals surface area contributed by atoms with Gasteiger partial charge in [-0.1, -0.05) is 10.2 Å². The summed E-state index contributed by atoms with van der Waals surface area (Å²) in [6.07, 6.45) is 0. The summed E-state index contributed by atoms with van der Waals surface area (Å²) in [5.41, 5.74) is 5.42. The van der Waals surface area contributed by atoms with Crippen LogP contribution in [0.25, 0.3) is 0 Å². The zero-order valence-corrected chi connectivity index (χ0v) is 9.34. The molecular formula is C5H5N11O4. The van der Waals surface area contributed by atoms with Crippen molar-refractivity contribution in [3.05, 3.63) is 20.2 Å². The maximum atomic E-state index is 10.4. The second kappa shape index (κ2) is 4.92. The largest absolute Gasteiger partial charge is 0.455 e. The summed E-state index contributed by atoms with van der Waals surface area (Å²) in [6.45, 7) is 0. The van der Waals surface area contributed by atoms with Gasteiger partial charge in [-0.15, -0.1) is 10.2 Å². The zero-order chi connectivity index (χ0) is 14.7. The standard InChI is InChI=1S/C5H5N11O4/c6-1(7-2-9-4(13-11-2)15(17)18)8-3-10-5(14-12-3)16(19)20/h(H5,6,7,8,9,10,11,12,13,14). The lowest BCUT2D eigenvalue weighted by molar-refractivity contribution is -0.394. The molecule has 0 bridgehead atoms. The normalized spacial score (nSPS) is 11.3. The van der Waals surface area contributed by atoms with E-state index >= 15 is 0 Å². The molecular weight excluding hydrogens is 278 g/mol. The first-order chi connectivity index (χ1) is 9.45. The van der Waals surface area contributed by atoms with E-state index in [4.69, 9.17) is 5.73 Å². The second-order valence-corrected chi connectivity index (χ2v) is 3.08. The molecule has 0 aliphatic heterocycles. The maximum Gasteiger partial charge on any atom is 0.455 e. The van der Waals surface area contributed by atoms with Crippen molar-refractivity contribution in [2.24, 2.45) is 10.7 Å². The molecule has 0 aliphatic rings. The van der Waals surface area contributed by atoms with E-state index in [9.17, 15) is 20.2 Å². The molecule has 104 valence electrons. The second-order valence-electron chi connectivity index (χ2n) is 3.08. The highest BCUT2D eigenvalue weighted by Gasteiger charge is 2.16. The van der Waals surface area contributed by atoms with Crippen LogP contribution in [0.5, 0.6) is 0 Å². The summed E-state index contributed by atoms with van der Waals surface area (Å²) in [4.78, 5) is 29.5. The number of rotatable bonds is 4. The van der Waals surface area contributed by atoms with E-state index in [2.05, 4.69) is 30.5 Å². The van der Waals surface area contributed by atoms with Gasteiger partial charge in [0.05, 0.1) is 0 Å². The number of nitrogens with zero attached hydrogens (tertiary/aromatic N) is 7. The van der Waals surface area contributed by atoms with Gasteiger partial charge in [-0.3, -0.25) is 5.32 Å². The molecule has 0 spiro atoms. The highest BCUT2D eigenvalue weighted by molar-refractivity contribution is 5.91. The number of nitro groups is 2. The third-order valence-electron chi connectivity index (χ3n) is 1.74. The topological polar surface area (TPSA) is 220 Å². The first kappa shape index (κ1) is 12.8. The fourth-order valence-corrected chi connectivity index (χ4v) is 1.02. The highest BCUT2D eigenvalue weighted by atomic mass is 16.6. The van der Waals surface area contributed by atoms with Crippen LogP contribution in [0.4, 0.5) is 23.8 Å². The van der Waals surface area contributed by atoms with Gasteiger partial charge in [0.15, 0.2) is 0 Å². The van der Waals surface area contributed by atoms with Gasteiger partial charge in [-0.05, 0) is 19.8 Å². The Hall–Kier alpha value is -3.65. The summed E-state index contributed by atoms with van der Waals surface area (Å²) in [6, 6.07) is 0. The van der Waals surface area contributed by atoms with Crippen molar-refractivity contribution < 1.29 is 9.85 Å². The van der Waals surface area contributed by atoms with Crippen LogP contribution in [0.3, 0.4) is 0 Å². The lowest BCUT2D eigenvalue weighted by atomic mass is 10.8. The summed E-state index contributed by atoms with van der Waals surface area (Å²) in [5, 5.41) is 33.9. The molecule has 0 aromatic carbocycles. The third kappa shape index (κ3) is 2.78. The van der Waals surface area contributed by atoms with Crippen LogP contribution >= 0.6 is 0 Å². The first-order valence-corrected chi connectivity index (χ1v) is 4.70. The Morgan fingerprint density at radius 2 is 1.75 bits per heavy atom. The lowest BCUT2D eigenvalue weighted by Crippen LogP contribution is -2.22. The van der Waals surface area contributed by atoms with Gasteiger partial charge in [-0.2, -0.15) is 4.99 Å². The SMILES string of the molecule is NC(=Nc1n[nH]c([N+](=O)[O-])n1)Nc1n[nH]c([N+](=O)[O-])n1. The minimum Gasteiger partial charge on any atom is -0.390 e. The number of aromatic amines is 2. The van der Waals surface area contributed by atoms with Crippen molar-refractivity contribution in [2.75, 3.05) is 5.32 Å². The molecule has 15 nitrogen and oxygen atoms in total. The average molecular weight is 283 g/mol. The Kier molecular flexibility index (Phi) is 3.15. The predicted octanol–water partition coefficient (Wildman–Crippen LogP) is -1.20. The minimum absolute atomic E-state index is 0.206. The van der Waals surface area contributed by atoms with Crippen molar-refractivity contribution in [2.45, 2.75) is 0 Å². The van der Waals surface area contributed by atoms with Gasteiger partial charge in [0.1, 0.15) is 0 Å². The molecule has 5 N–H and O–H groups in total. The molecule has 0 saturated heterocycles. The average Bonchev–Trinajstić information content (AvgIpc) is 2.98. The van der Waals surface area contributed by atoms with E-state index in [1.807, 2.05) is 10.2 Å². The van der Waals surface area contributed by atoms with Gasteiger partial charge in [0.2, 0.25) is 5.96 Å². The van der Waals surface area contributed by atoms with Crippen LogP contribution in [0.2, 0.25) is 0 Å². The van der Waals surface area contributed by atoms with Crippen LogP contribution in [0.15, 0.2) is 4.99 Å². The van der Waals surface area contributed by atoms with Crippen molar-refractivity contribution in [1.82, 2.24) is 30.4 Å². The van der Waals surface area contributed by atoms with E-state index in [1.54, 1.807) is 0 Å². The molecule has 0 aliphatic carbocycles. The maximum absolute atomic E-state index is 10.4. The molecule has 0 unspecified atom stereocenters. The van der Waals surface area contributed by atoms with Gasteiger partial charge >= 0.3 is 23.8 Å². The summed E-state index contributed by atoms with van der Waals surface area (Å²) in [5.74, 6) is -2.01. The van der Waals surface area contributed by atoms with Crippen molar-refractivity contribution in [1.29, 1.82) is 0 Å². The predicted molar refractivity (Wildman–Crippen MR) is 61.0 cm³/mol. The number of aromatic nitrogens is 6. The number of aliphatic imine (C=N–C) groups is 1. The number of H-pyrrole nitrogens is 2. The van der Waals surface area contributed by atoms with Gasteiger partial charge < -0.3 is 26.0 Å². The van der Waals surface area contributed by atoms with Crippen molar-refractivity contribution in [3.8, 4) is 0 Å². The van der Waals surface area contributed by atoms with Crippen LogP contribution in [-0.4, -0.2) is 46.2 Å². The number of hydrogen-bond donors (Lipinski definition) is 4. The molecule has 0 saturated carbocycles. The highest BCUT2D eigenvalue weighted by Crippen LogP contribution is 2.09. The number of nitrogens with two attached hydrogens (primary N) is 1. The molecule has 2 aromatic heterocycles. The Bertz CT molecular complexity index is 685. The van der Waals surface area contributed by atoms with Crippen molar-refractivity contribution >= 4 is 29.8 Å². The lowest BCUT2D eigenvalue weighted by Gasteiger charge is -1.93. The van der Waals surface area contributed by atoms with E-state index in [0.717, 1.165) is 0 Å². The minimum atomic E-state index is -0.797. The molecule has 2 heterocycles. The number of hydrogen-bond acceptors (Lipinski definition) is 9. The van der Waals surface area contributed by atoms with Crippen LogP contribution in [0, 0.1) is 20.2 Å². The van der Waals surface area contributed by atoms with Crippen LogP contribution < -0.4 is 11.1 Å². The molecule has 0 radical (unpaired) electrons. The molecule has 0 atom stereocenters. The fourth-order valence-electron chi connectivity index (χ4n) is 1.02. The Labute approximate surface area is 107 Å². The van der Waals surface area contributed by atoms with Crippen LogP contribution in [0.1, 0.15) is 0 Å². The zero-order valence-electron chi connectivity index (χ0n) is 9.34. The van der Waals surface area contributed by atoms with E-state index < -0.39 is 21.7 Å². The summed E-state index contributed by atoms with van der Waals surface area (Å²) in [7, 11) is 0. The monoisotopic (exact) mass is 283 g/mol. The molecule has 0 fully saturated rings. The van der Waals surface area contributed by atoms with Gasteiger partial charge in [0, 0.05) is 0 Å². The number of anilines is 1. The van der Waals surface area contributed by atoms with Gasteiger partial charge in [0.25, 0.3) is 0 Å². The first-order valence-electron chi connectivity index (χ1n) is 4.70. The number of guanidine groups is 1. The number of nitrogens with one attached hydrogen (secondary N) is 3. The van der Waals surface area contributed by atoms with E-state index in [-0.39, 0.29) is 17.9 Å². The summed E-state index contributed by atoms with van der Waals surface area (Å²) >= 11 is 0. The van der Waals surface area contributed by atoms with Crippen LogP contribution in [-0.2, 0) is 0 Å². The molecule has 20 heavy (non-hydrogen) atoms. The molecule has 2 rings (SSSR count). The molecule has 2 aromatic rings.